The molecule has 0 aromatic heterocycles. The predicted octanol–water partition coefficient (Wildman–Crippen LogP) is 0.223. The standard InChI is InChI=1S/C19H34NO3.HI/c1-8-20(6,9-2)13-15(21)14-23-18-11-10-16(22-7)12-17(18)19(3,4)5;/h10-12,15,21H,8-9,13-14H2,1-7H3;1H/q+1;/p-1. The van der Waals surface area contributed by atoms with Crippen molar-refractivity contribution < 1.29 is 43.0 Å². The third-order valence-electron chi connectivity index (χ3n) is 4.60. The molecule has 1 rings (SSSR count). The zero-order valence-electron chi connectivity index (χ0n) is 16.2. The Morgan fingerprint density at radius 2 is 1.75 bits per heavy atom. The molecular weight excluding hydrogens is 417 g/mol. The summed E-state index contributed by atoms with van der Waals surface area (Å²) >= 11 is 0. The van der Waals surface area contributed by atoms with Gasteiger partial charge in [-0.1, -0.05) is 20.8 Å². The summed E-state index contributed by atoms with van der Waals surface area (Å²) in [5.41, 5.74) is 1.04. The van der Waals surface area contributed by atoms with Gasteiger partial charge < -0.3 is 43.0 Å². The highest BCUT2D eigenvalue weighted by atomic mass is 127. The lowest BCUT2D eigenvalue weighted by Crippen LogP contribution is -3.00. The number of nitrogens with zero attached hydrogens (tertiary/aromatic N) is 1. The van der Waals surface area contributed by atoms with Crippen LogP contribution in [0.4, 0.5) is 0 Å². The molecule has 0 fully saturated rings. The lowest BCUT2D eigenvalue weighted by Gasteiger charge is -2.34. The average molecular weight is 451 g/mol. The van der Waals surface area contributed by atoms with Crippen molar-refractivity contribution in [2.24, 2.45) is 0 Å². The summed E-state index contributed by atoms with van der Waals surface area (Å²) in [6, 6.07) is 5.84. The van der Waals surface area contributed by atoms with Crippen LogP contribution in [-0.2, 0) is 5.41 Å². The number of likely N-dealkylation sites (N-methyl/N-ethyl adjacent to an activating group) is 1. The Balaban J connectivity index is 0.00000529. The molecule has 1 aromatic carbocycles. The van der Waals surface area contributed by atoms with Crippen molar-refractivity contribution >= 4 is 0 Å². The first-order chi connectivity index (χ1) is 10.6. The molecule has 0 amide bonds. The Morgan fingerprint density at radius 3 is 2.21 bits per heavy atom. The maximum Gasteiger partial charge on any atom is 0.137 e. The Kier molecular flexibility index (Phi) is 9.61. The molecule has 1 aromatic rings. The number of aliphatic hydroxyl groups is 1. The van der Waals surface area contributed by atoms with E-state index in [2.05, 4.69) is 41.7 Å². The molecule has 0 aliphatic heterocycles. The Labute approximate surface area is 164 Å². The van der Waals surface area contributed by atoms with Crippen LogP contribution in [0.5, 0.6) is 11.5 Å². The molecule has 0 radical (unpaired) electrons. The van der Waals surface area contributed by atoms with Gasteiger partial charge in [-0.3, -0.25) is 0 Å². The van der Waals surface area contributed by atoms with Crippen molar-refractivity contribution in [2.75, 3.05) is 40.4 Å². The predicted molar refractivity (Wildman–Crippen MR) is 95.3 cm³/mol. The average Bonchev–Trinajstić information content (AvgIpc) is 2.51. The molecule has 1 atom stereocenters. The maximum absolute atomic E-state index is 10.3. The summed E-state index contributed by atoms with van der Waals surface area (Å²) < 4.78 is 12.1. The third kappa shape index (κ3) is 6.76. The van der Waals surface area contributed by atoms with Crippen LogP contribution in [0.2, 0.25) is 0 Å². The van der Waals surface area contributed by atoms with Crippen molar-refractivity contribution in [3.63, 3.8) is 0 Å². The summed E-state index contributed by atoms with van der Waals surface area (Å²) in [5, 5.41) is 10.3. The fourth-order valence-electron chi connectivity index (χ4n) is 2.58. The zero-order chi connectivity index (χ0) is 17.7. The highest BCUT2D eigenvalue weighted by Gasteiger charge is 2.24. The normalized spacial score (nSPS) is 13.2. The number of methoxy groups -OCH3 is 1. The molecule has 0 heterocycles. The molecule has 5 heteroatoms. The molecule has 0 saturated heterocycles. The lowest BCUT2D eigenvalue weighted by molar-refractivity contribution is -0.909. The topological polar surface area (TPSA) is 38.7 Å². The van der Waals surface area contributed by atoms with E-state index in [1.54, 1.807) is 7.11 Å². The maximum atomic E-state index is 10.3. The van der Waals surface area contributed by atoms with Gasteiger partial charge in [0.1, 0.15) is 30.8 Å². The van der Waals surface area contributed by atoms with Gasteiger partial charge in [-0.25, -0.2) is 0 Å². The second kappa shape index (κ2) is 9.82. The Morgan fingerprint density at radius 1 is 1.17 bits per heavy atom. The first-order valence-electron chi connectivity index (χ1n) is 8.48. The second-order valence-electron chi connectivity index (χ2n) is 7.51. The molecule has 0 bridgehead atoms. The summed E-state index contributed by atoms with van der Waals surface area (Å²) in [4.78, 5) is 0. The number of ether oxygens (including phenoxy) is 2. The number of quaternary nitrogens is 1. The molecule has 0 aliphatic rings. The van der Waals surface area contributed by atoms with Gasteiger partial charge in [-0.15, -0.1) is 0 Å². The molecule has 4 nitrogen and oxygen atoms in total. The number of halogens is 1. The zero-order valence-corrected chi connectivity index (χ0v) is 18.4. The van der Waals surface area contributed by atoms with E-state index < -0.39 is 6.10 Å². The van der Waals surface area contributed by atoms with Gasteiger partial charge in [0.15, 0.2) is 0 Å². The van der Waals surface area contributed by atoms with E-state index in [1.165, 1.54) is 0 Å². The van der Waals surface area contributed by atoms with E-state index in [-0.39, 0.29) is 29.4 Å². The molecule has 0 aliphatic carbocycles. The molecule has 1 unspecified atom stereocenters. The Bertz CT molecular complexity index is 496. The molecule has 24 heavy (non-hydrogen) atoms. The van der Waals surface area contributed by atoms with Crippen LogP contribution in [-0.4, -0.2) is 56.1 Å². The van der Waals surface area contributed by atoms with Gasteiger partial charge in [0.25, 0.3) is 0 Å². The largest absolute Gasteiger partial charge is 1.00 e. The van der Waals surface area contributed by atoms with E-state index in [9.17, 15) is 5.11 Å². The van der Waals surface area contributed by atoms with Crippen LogP contribution in [0.3, 0.4) is 0 Å². The summed E-state index contributed by atoms with van der Waals surface area (Å²) in [6.07, 6.45) is -0.477. The van der Waals surface area contributed by atoms with E-state index >= 15 is 0 Å². The van der Waals surface area contributed by atoms with E-state index in [4.69, 9.17) is 9.47 Å². The van der Waals surface area contributed by atoms with Gasteiger partial charge in [-0.2, -0.15) is 0 Å². The monoisotopic (exact) mass is 451 g/mol. The highest BCUT2D eigenvalue weighted by Crippen LogP contribution is 2.34. The number of hydrogen-bond acceptors (Lipinski definition) is 3. The van der Waals surface area contributed by atoms with Gasteiger partial charge in [0.05, 0.1) is 27.2 Å². The van der Waals surface area contributed by atoms with Crippen molar-refractivity contribution in [3.8, 4) is 11.5 Å². The van der Waals surface area contributed by atoms with Gasteiger partial charge in [0.2, 0.25) is 0 Å². The van der Waals surface area contributed by atoms with Crippen LogP contribution in [0.1, 0.15) is 40.2 Å². The first kappa shape index (κ1) is 23.5. The number of aliphatic hydroxyl groups excluding tert-OH is 1. The minimum Gasteiger partial charge on any atom is -1.00 e. The van der Waals surface area contributed by atoms with Crippen molar-refractivity contribution in [1.29, 1.82) is 0 Å². The summed E-state index contributed by atoms with van der Waals surface area (Å²) in [6.45, 7) is 13.8. The highest BCUT2D eigenvalue weighted by molar-refractivity contribution is 5.44. The molecular formula is C19H34INO3. The van der Waals surface area contributed by atoms with Crippen LogP contribution < -0.4 is 33.5 Å². The third-order valence-corrected chi connectivity index (χ3v) is 4.60. The second-order valence-corrected chi connectivity index (χ2v) is 7.51. The number of rotatable bonds is 8. The summed E-state index contributed by atoms with van der Waals surface area (Å²) in [5.74, 6) is 1.64. The SMILES string of the molecule is CC[N+](C)(CC)CC(O)COc1ccc(OC)cc1C(C)(C)C.[I-]. The Hall–Kier alpha value is -0.530. The van der Waals surface area contributed by atoms with Crippen LogP contribution >= 0.6 is 0 Å². The van der Waals surface area contributed by atoms with E-state index in [0.29, 0.717) is 13.2 Å². The molecule has 0 spiro atoms. The lowest BCUT2D eigenvalue weighted by atomic mass is 9.86. The van der Waals surface area contributed by atoms with Gasteiger partial charge >= 0.3 is 0 Å². The van der Waals surface area contributed by atoms with Crippen LogP contribution in [0.25, 0.3) is 0 Å². The van der Waals surface area contributed by atoms with Gasteiger partial charge in [-0.05, 0) is 37.5 Å². The van der Waals surface area contributed by atoms with Gasteiger partial charge in [0, 0.05) is 5.56 Å². The number of benzene rings is 1. The fourth-order valence-corrected chi connectivity index (χ4v) is 2.58. The smallest absolute Gasteiger partial charge is 0.137 e. The van der Waals surface area contributed by atoms with Crippen LogP contribution in [0.15, 0.2) is 18.2 Å². The first-order valence-corrected chi connectivity index (χ1v) is 8.48. The quantitative estimate of drug-likeness (QED) is 0.454. The van der Waals surface area contributed by atoms with E-state index in [0.717, 1.165) is 34.6 Å². The fraction of sp³-hybridized carbons (Fsp3) is 0.684. The summed E-state index contributed by atoms with van der Waals surface area (Å²) in [7, 11) is 3.83. The van der Waals surface area contributed by atoms with Crippen molar-refractivity contribution in [2.45, 2.75) is 46.1 Å². The molecule has 140 valence electrons. The van der Waals surface area contributed by atoms with E-state index in [1.807, 2.05) is 18.2 Å². The number of hydrogen-bond donors (Lipinski definition) is 1. The van der Waals surface area contributed by atoms with Crippen molar-refractivity contribution in [1.82, 2.24) is 0 Å². The van der Waals surface area contributed by atoms with Crippen LogP contribution in [0, 0.1) is 0 Å². The molecule has 1 N–H and O–H groups in total. The van der Waals surface area contributed by atoms with Crippen molar-refractivity contribution in [3.05, 3.63) is 23.8 Å². The molecule has 0 saturated carbocycles. The minimum absolute atomic E-state index is 0. The minimum atomic E-state index is -0.477.